The lowest BCUT2D eigenvalue weighted by atomic mass is 9.89. The summed E-state index contributed by atoms with van der Waals surface area (Å²) in [5, 5.41) is 14.8. The SMILES string of the molecule is COc1ccccc1-n1c(SCC(=O)NCC2CCCCC2)nc2cc([N+](=O)[O-])ccc21. The van der Waals surface area contributed by atoms with Crippen molar-refractivity contribution in [3.8, 4) is 11.4 Å². The van der Waals surface area contributed by atoms with Crippen LogP contribution in [0.2, 0.25) is 0 Å². The van der Waals surface area contributed by atoms with Gasteiger partial charge in [-0.25, -0.2) is 4.98 Å². The molecule has 1 aromatic heterocycles. The molecule has 3 aromatic rings. The van der Waals surface area contributed by atoms with Gasteiger partial charge in [-0.15, -0.1) is 0 Å². The lowest BCUT2D eigenvalue weighted by Gasteiger charge is -2.21. The van der Waals surface area contributed by atoms with Crippen molar-refractivity contribution >= 4 is 34.4 Å². The molecule has 1 amide bonds. The third kappa shape index (κ3) is 4.88. The number of nitro benzene ring substituents is 1. The molecule has 0 radical (unpaired) electrons. The molecule has 9 heteroatoms. The van der Waals surface area contributed by atoms with E-state index in [1.165, 1.54) is 56.0 Å². The second kappa shape index (κ2) is 10.0. The minimum absolute atomic E-state index is 0.0241. The summed E-state index contributed by atoms with van der Waals surface area (Å²) >= 11 is 1.31. The topological polar surface area (TPSA) is 99.3 Å². The average molecular weight is 455 g/mol. The van der Waals surface area contributed by atoms with Crippen molar-refractivity contribution in [1.82, 2.24) is 14.9 Å². The molecule has 0 atom stereocenters. The Morgan fingerprint density at radius 1 is 1.25 bits per heavy atom. The number of thioether (sulfide) groups is 1. The molecule has 0 saturated heterocycles. The summed E-state index contributed by atoms with van der Waals surface area (Å²) in [4.78, 5) is 27.9. The number of ether oxygens (including phenoxy) is 1. The molecule has 2 aromatic carbocycles. The zero-order valence-electron chi connectivity index (χ0n) is 18.0. The highest BCUT2D eigenvalue weighted by Gasteiger charge is 2.20. The Morgan fingerprint density at radius 3 is 2.78 bits per heavy atom. The van der Waals surface area contributed by atoms with Crippen molar-refractivity contribution in [1.29, 1.82) is 0 Å². The second-order valence-corrected chi connectivity index (χ2v) is 8.87. The zero-order chi connectivity index (χ0) is 22.5. The highest BCUT2D eigenvalue weighted by Crippen LogP contribution is 2.33. The van der Waals surface area contributed by atoms with Crippen LogP contribution in [0.1, 0.15) is 32.1 Å². The van der Waals surface area contributed by atoms with Crippen molar-refractivity contribution in [3.63, 3.8) is 0 Å². The number of methoxy groups -OCH3 is 1. The van der Waals surface area contributed by atoms with Crippen LogP contribution in [0.4, 0.5) is 5.69 Å². The number of non-ortho nitro benzene ring substituents is 1. The molecular formula is C23H26N4O4S. The van der Waals surface area contributed by atoms with E-state index in [-0.39, 0.29) is 17.3 Å². The molecule has 0 spiro atoms. The number of carbonyl (C=O) groups is 1. The van der Waals surface area contributed by atoms with Crippen molar-refractivity contribution in [2.24, 2.45) is 5.92 Å². The number of hydrogen-bond acceptors (Lipinski definition) is 6. The van der Waals surface area contributed by atoms with Gasteiger partial charge in [0.15, 0.2) is 5.16 Å². The third-order valence-electron chi connectivity index (χ3n) is 5.79. The molecule has 32 heavy (non-hydrogen) atoms. The Bertz CT molecular complexity index is 1120. The van der Waals surface area contributed by atoms with Crippen LogP contribution < -0.4 is 10.1 Å². The average Bonchev–Trinajstić information content (AvgIpc) is 3.19. The maximum atomic E-state index is 12.5. The van der Waals surface area contributed by atoms with E-state index in [2.05, 4.69) is 10.3 Å². The highest BCUT2D eigenvalue weighted by molar-refractivity contribution is 7.99. The molecule has 1 saturated carbocycles. The van der Waals surface area contributed by atoms with Crippen LogP contribution in [0.15, 0.2) is 47.6 Å². The summed E-state index contributed by atoms with van der Waals surface area (Å²) in [5.41, 5.74) is 1.95. The van der Waals surface area contributed by atoms with Gasteiger partial charge >= 0.3 is 0 Å². The molecule has 0 unspecified atom stereocenters. The van der Waals surface area contributed by atoms with E-state index in [1.54, 1.807) is 13.2 Å². The largest absolute Gasteiger partial charge is 0.495 e. The lowest BCUT2D eigenvalue weighted by Crippen LogP contribution is -2.31. The van der Waals surface area contributed by atoms with Gasteiger partial charge in [0.2, 0.25) is 5.91 Å². The predicted molar refractivity (Wildman–Crippen MR) is 125 cm³/mol. The Hall–Kier alpha value is -3.07. The van der Waals surface area contributed by atoms with Gasteiger partial charge in [-0.3, -0.25) is 19.5 Å². The molecular weight excluding hydrogens is 428 g/mol. The van der Waals surface area contributed by atoms with Gasteiger partial charge in [0.25, 0.3) is 5.69 Å². The smallest absolute Gasteiger partial charge is 0.271 e. The first-order valence-corrected chi connectivity index (χ1v) is 11.7. The number of imidazole rings is 1. The molecule has 1 aliphatic rings. The van der Waals surface area contributed by atoms with Gasteiger partial charge in [-0.05, 0) is 37.0 Å². The van der Waals surface area contributed by atoms with Gasteiger partial charge in [0.1, 0.15) is 5.75 Å². The molecule has 8 nitrogen and oxygen atoms in total. The van der Waals surface area contributed by atoms with Crippen molar-refractivity contribution in [2.45, 2.75) is 37.3 Å². The fraction of sp³-hybridized carbons (Fsp3) is 0.391. The fourth-order valence-corrected chi connectivity index (χ4v) is 4.99. The number of aromatic nitrogens is 2. The van der Waals surface area contributed by atoms with Crippen LogP contribution >= 0.6 is 11.8 Å². The van der Waals surface area contributed by atoms with Crippen molar-refractivity contribution in [2.75, 3.05) is 19.4 Å². The first-order valence-electron chi connectivity index (χ1n) is 10.8. The molecule has 4 rings (SSSR count). The van der Waals surface area contributed by atoms with E-state index < -0.39 is 4.92 Å². The minimum Gasteiger partial charge on any atom is -0.495 e. The van der Waals surface area contributed by atoms with Crippen molar-refractivity contribution in [3.05, 3.63) is 52.6 Å². The molecule has 1 fully saturated rings. The predicted octanol–water partition coefficient (Wildman–Crippen LogP) is 4.73. The molecule has 0 bridgehead atoms. The minimum atomic E-state index is -0.437. The molecule has 1 N–H and O–H groups in total. The van der Waals surface area contributed by atoms with E-state index in [1.807, 2.05) is 28.8 Å². The summed E-state index contributed by atoms with van der Waals surface area (Å²) < 4.78 is 7.41. The summed E-state index contributed by atoms with van der Waals surface area (Å²) in [7, 11) is 1.59. The monoisotopic (exact) mass is 454 g/mol. The maximum absolute atomic E-state index is 12.5. The number of amides is 1. The number of benzene rings is 2. The van der Waals surface area contributed by atoms with E-state index >= 15 is 0 Å². The number of para-hydroxylation sites is 2. The Balaban J connectivity index is 1.59. The van der Waals surface area contributed by atoms with Gasteiger partial charge in [0, 0.05) is 18.7 Å². The second-order valence-electron chi connectivity index (χ2n) is 7.93. The zero-order valence-corrected chi connectivity index (χ0v) is 18.8. The Morgan fingerprint density at radius 2 is 2.03 bits per heavy atom. The van der Waals surface area contributed by atoms with Crippen LogP contribution in [0.25, 0.3) is 16.7 Å². The lowest BCUT2D eigenvalue weighted by molar-refractivity contribution is -0.384. The normalized spacial score (nSPS) is 14.4. The van der Waals surface area contributed by atoms with Crippen LogP contribution in [-0.4, -0.2) is 39.8 Å². The first-order chi connectivity index (χ1) is 15.6. The summed E-state index contributed by atoms with van der Waals surface area (Å²) in [6.45, 7) is 0.717. The number of carbonyl (C=O) groups excluding carboxylic acids is 1. The van der Waals surface area contributed by atoms with E-state index in [0.29, 0.717) is 34.4 Å². The number of nitrogens with zero attached hydrogens (tertiary/aromatic N) is 3. The first kappa shape index (κ1) is 22.1. The quantitative estimate of drug-likeness (QED) is 0.300. The van der Waals surface area contributed by atoms with E-state index in [4.69, 9.17) is 4.74 Å². The van der Waals surface area contributed by atoms with E-state index in [0.717, 1.165) is 5.69 Å². The number of hydrogen-bond donors (Lipinski definition) is 1. The van der Waals surface area contributed by atoms with Gasteiger partial charge in [-0.2, -0.15) is 0 Å². The van der Waals surface area contributed by atoms with Crippen LogP contribution in [-0.2, 0) is 4.79 Å². The fourth-order valence-electron chi connectivity index (χ4n) is 4.13. The maximum Gasteiger partial charge on any atom is 0.271 e. The number of nitro groups is 1. The van der Waals surface area contributed by atoms with Crippen LogP contribution in [0.3, 0.4) is 0 Å². The number of fused-ring (bicyclic) bond motifs is 1. The summed E-state index contributed by atoms with van der Waals surface area (Å²) in [6, 6.07) is 12.1. The summed E-state index contributed by atoms with van der Waals surface area (Å²) in [6.07, 6.45) is 6.12. The number of rotatable bonds is 8. The number of nitrogens with one attached hydrogen (secondary N) is 1. The highest BCUT2D eigenvalue weighted by atomic mass is 32.2. The Labute approximate surface area is 190 Å². The van der Waals surface area contributed by atoms with Crippen LogP contribution in [0, 0.1) is 16.0 Å². The molecule has 1 heterocycles. The molecule has 1 aliphatic carbocycles. The van der Waals surface area contributed by atoms with Crippen LogP contribution in [0.5, 0.6) is 5.75 Å². The molecule has 0 aliphatic heterocycles. The molecule has 168 valence electrons. The standard InChI is InChI=1S/C23H26N4O4S/c1-31-21-10-6-5-9-20(21)26-19-12-11-17(27(29)30)13-18(19)25-23(26)32-15-22(28)24-14-16-7-3-2-4-8-16/h5-6,9-13,16H,2-4,7-8,14-15H2,1H3,(H,24,28). The van der Waals surface area contributed by atoms with Crippen molar-refractivity contribution < 1.29 is 14.5 Å². The van der Waals surface area contributed by atoms with Gasteiger partial charge in [-0.1, -0.05) is 43.2 Å². The Kier molecular flexibility index (Phi) is 6.94. The van der Waals surface area contributed by atoms with Gasteiger partial charge in [0.05, 0.1) is 34.5 Å². The van der Waals surface area contributed by atoms with Gasteiger partial charge < -0.3 is 10.1 Å². The summed E-state index contributed by atoms with van der Waals surface area (Å²) in [5.74, 6) is 1.39. The third-order valence-corrected chi connectivity index (χ3v) is 6.73. The van der Waals surface area contributed by atoms with E-state index in [9.17, 15) is 14.9 Å².